The number of aromatic amines is 2. The Morgan fingerprint density at radius 2 is 2.00 bits per heavy atom. The van der Waals surface area contributed by atoms with E-state index in [4.69, 9.17) is 4.74 Å². The molecule has 9 heteroatoms. The monoisotopic (exact) mass is 414 g/mol. The number of pyridine rings is 1. The van der Waals surface area contributed by atoms with Gasteiger partial charge in [-0.1, -0.05) is 6.07 Å². The van der Waals surface area contributed by atoms with Crippen LogP contribution in [0.15, 0.2) is 48.5 Å². The molecular weight excluding hydrogens is 396 g/mol. The highest BCUT2D eigenvalue weighted by atomic mass is 16.5. The van der Waals surface area contributed by atoms with Crippen LogP contribution in [0.3, 0.4) is 0 Å². The van der Waals surface area contributed by atoms with E-state index in [1.807, 2.05) is 18.2 Å². The SMILES string of the molecule is CNC(=O)c1cccc2[nH]c(-c3[nH]nc4nc(-c5ccc(O)cc5OC)ccc34)nc12. The van der Waals surface area contributed by atoms with Gasteiger partial charge in [0.1, 0.15) is 22.7 Å². The third-order valence-corrected chi connectivity index (χ3v) is 5.10. The van der Waals surface area contributed by atoms with Gasteiger partial charge >= 0.3 is 0 Å². The summed E-state index contributed by atoms with van der Waals surface area (Å²) in [6.45, 7) is 0. The molecule has 3 aromatic heterocycles. The van der Waals surface area contributed by atoms with Crippen LogP contribution in [-0.2, 0) is 0 Å². The molecule has 2 aromatic carbocycles. The number of carbonyl (C=O) groups excluding carboxylic acids is 1. The number of amides is 1. The Balaban J connectivity index is 1.61. The average Bonchev–Trinajstić information content (AvgIpc) is 3.41. The topological polar surface area (TPSA) is 129 Å². The normalized spacial score (nSPS) is 11.2. The van der Waals surface area contributed by atoms with Crippen molar-refractivity contribution in [1.82, 2.24) is 30.5 Å². The third-order valence-electron chi connectivity index (χ3n) is 5.10. The Kier molecular flexibility index (Phi) is 4.28. The summed E-state index contributed by atoms with van der Waals surface area (Å²) in [5, 5.41) is 20.4. The molecule has 0 aliphatic carbocycles. The van der Waals surface area contributed by atoms with Gasteiger partial charge in [0.05, 0.1) is 23.9 Å². The summed E-state index contributed by atoms with van der Waals surface area (Å²) in [6.07, 6.45) is 0. The highest BCUT2D eigenvalue weighted by Crippen LogP contribution is 2.34. The summed E-state index contributed by atoms with van der Waals surface area (Å²) in [7, 11) is 3.13. The van der Waals surface area contributed by atoms with Crippen LogP contribution in [0.25, 0.3) is 44.8 Å². The first-order valence-electron chi connectivity index (χ1n) is 9.52. The molecule has 9 nitrogen and oxygen atoms in total. The van der Waals surface area contributed by atoms with E-state index >= 15 is 0 Å². The highest BCUT2D eigenvalue weighted by Gasteiger charge is 2.18. The second-order valence-electron chi connectivity index (χ2n) is 6.92. The zero-order valence-electron chi connectivity index (χ0n) is 16.7. The quantitative estimate of drug-likeness (QED) is 0.357. The first-order valence-corrected chi connectivity index (χ1v) is 9.52. The minimum atomic E-state index is -0.202. The highest BCUT2D eigenvalue weighted by molar-refractivity contribution is 6.05. The van der Waals surface area contributed by atoms with Crippen molar-refractivity contribution in [1.29, 1.82) is 0 Å². The number of H-pyrrole nitrogens is 2. The molecule has 0 radical (unpaired) electrons. The average molecular weight is 414 g/mol. The van der Waals surface area contributed by atoms with Gasteiger partial charge in [-0.3, -0.25) is 9.89 Å². The molecule has 0 saturated carbocycles. The molecule has 0 unspecified atom stereocenters. The van der Waals surface area contributed by atoms with Gasteiger partial charge in [-0.05, 0) is 36.4 Å². The maximum atomic E-state index is 12.2. The Labute approximate surface area is 176 Å². The summed E-state index contributed by atoms with van der Waals surface area (Å²) in [5.74, 6) is 0.990. The number of aromatic nitrogens is 5. The van der Waals surface area contributed by atoms with E-state index in [1.165, 1.54) is 13.2 Å². The van der Waals surface area contributed by atoms with Crippen molar-refractivity contribution < 1.29 is 14.6 Å². The Morgan fingerprint density at radius 1 is 1.13 bits per heavy atom. The first kappa shape index (κ1) is 18.6. The van der Waals surface area contributed by atoms with Crippen molar-refractivity contribution in [2.75, 3.05) is 14.2 Å². The molecule has 154 valence electrons. The van der Waals surface area contributed by atoms with Gasteiger partial charge in [0.15, 0.2) is 11.5 Å². The lowest BCUT2D eigenvalue weighted by Crippen LogP contribution is -2.18. The van der Waals surface area contributed by atoms with Gasteiger partial charge in [0.2, 0.25) is 0 Å². The van der Waals surface area contributed by atoms with Crippen LogP contribution < -0.4 is 10.1 Å². The fourth-order valence-corrected chi connectivity index (χ4v) is 3.59. The van der Waals surface area contributed by atoms with Crippen molar-refractivity contribution in [2.24, 2.45) is 0 Å². The second kappa shape index (κ2) is 7.13. The van der Waals surface area contributed by atoms with Crippen LogP contribution in [0, 0.1) is 0 Å². The summed E-state index contributed by atoms with van der Waals surface area (Å²) < 4.78 is 5.36. The predicted octanol–water partition coefficient (Wildman–Crippen LogP) is 3.24. The number of rotatable bonds is 4. The molecule has 1 amide bonds. The van der Waals surface area contributed by atoms with Gasteiger partial charge in [-0.15, -0.1) is 0 Å². The van der Waals surface area contributed by atoms with E-state index in [9.17, 15) is 9.90 Å². The molecule has 5 aromatic rings. The Hall–Kier alpha value is -4.40. The fourth-order valence-electron chi connectivity index (χ4n) is 3.59. The number of imidazole rings is 1. The number of hydrogen-bond donors (Lipinski definition) is 4. The lowest BCUT2D eigenvalue weighted by molar-refractivity contribution is 0.0964. The van der Waals surface area contributed by atoms with Gasteiger partial charge in [0.25, 0.3) is 5.91 Å². The first-order chi connectivity index (χ1) is 15.1. The largest absolute Gasteiger partial charge is 0.508 e. The number of nitrogens with zero attached hydrogens (tertiary/aromatic N) is 3. The predicted molar refractivity (Wildman–Crippen MR) is 116 cm³/mol. The zero-order chi connectivity index (χ0) is 21.5. The van der Waals surface area contributed by atoms with Crippen molar-refractivity contribution in [2.45, 2.75) is 0 Å². The van der Waals surface area contributed by atoms with E-state index in [1.54, 1.807) is 31.3 Å². The van der Waals surface area contributed by atoms with Crippen LogP contribution in [0.5, 0.6) is 11.5 Å². The molecule has 31 heavy (non-hydrogen) atoms. The lowest BCUT2D eigenvalue weighted by atomic mass is 10.1. The zero-order valence-corrected chi connectivity index (χ0v) is 16.7. The number of ether oxygens (including phenoxy) is 1. The maximum absolute atomic E-state index is 12.2. The smallest absolute Gasteiger partial charge is 0.253 e. The van der Waals surface area contributed by atoms with Crippen LogP contribution in [0.2, 0.25) is 0 Å². The standard InChI is InChI=1S/C22H18N6O3/c1-23-22(30)14-4-3-5-16-18(14)26-21(25-16)19-13-8-9-15(24-20(13)28-27-19)12-7-6-11(29)10-17(12)31-2/h3-10,29H,1-2H3,(H,23,30)(H,25,26)(H,24,27,28). The van der Waals surface area contributed by atoms with E-state index in [0.717, 1.165) is 16.5 Å². The molecule has 5 rings (SSSR count). The van der Waals surface area contributed by atoms with E-state index in [0.29, 0.717) is 39.7 Å². The number of phenols is 1. The Bertz CT molecular complexity index is 1450. The van der Waals surface area contributed by atoms with Gasteiger partial charge in [-0.25, -0.2) is 9.97 Å². The number of aromatic hydroxyl groups is 1. The lowest BCUT2D eigenvalue weighted by Gasteiger charge is -2.08. The number of para-hydroxylation sites is 1. The summed E-state index contributed by atoms with van der Waals surface area (Å²) in [4.78, 5) is 24.7. The molecule has 0 aliphatic rings. The molecule has 0 bridgehead atoms. The molecule has 0 fully saturated rings. The minimum Gasteiger partial charge on any atom is -0.508 e. The maximum Gasteiger partial charge on any atom is 0.253 e. The molecule has 0 saturated heterocycles. The number of hydrogen-bond acceptors (Lipinski definition) is 6. The van der Waals surface area contributed by atoms with Crippen molar-refractivity contribution >= 4 is 28.0 Å². The van der Waals surface area contributed by atoms with Crippen molar-refractivity contribution in [3.8, 4) is 34.3 Å². The van der Waals surface area contributed by atoms with E-state index < -0.39 is 0 Å². The van der Waals surface area contributed by atoms with E-state index in [-0.39, 0.29) is 11.7 Å². The van der Waals surface area contributed by atoms with E-state index in [2.05, 4.69) is 30.5 Å². The van der Waals surface area contributed by atoms with Crippen LogP contribution in [0.1, 0.15) is 10.4 Å². The summed E-state index contributed by atoms with van der Waals surface area (Å²) in [6, 6.07) is 14.0. The molecule has 0 aliphatic heterocycles. The summed E-state index contributed by atoms with van der Waals surface area (Å²) >= 11 is 0. The number of phenolic OH excluding ortho intramolecular Hbond substituents is 1. The van der Waals surface area contributed by atoms with Crippen LogP contribution in [0.4, 0.5) is 0 Å². The summed E-state index contributed by atoms with van der Waals surface area (Å²) in [5.41, 5.74) is 4.40. The van der Waals surface area contributed by atoms with Crippen molar-refractivity contribution in [3.63, 3.8) is 0 Å². The molecular formula is C22H18N6O3. The fraction of sp³-hybridized carbons (Fsp3) is 0.0909. The molecule has 0 atom stereocenters. The number of nitrogens with one attached hydrogen (secondary N) is 3. The molecule has 3 heterocycles. The minimum absolute atomic E-state index is 0.116. The van der Waals surface area contributed by atoms with Crippen molar-refractivity contribution in [3.05, 3.63) is 54.1 Å². The number of benzene rings is 2. The van der Waals surface area contributed by atoms with Gasteiger partial charge in [-0.2, -0.15) is 5.10 Å². The molecule has 4 N–H and O–H groups in total. The van der Waals surface area contributed by atoms with Crippen LogP contribution >= 0.6 is 0 Å². The van der Waals surface area contributed by atoms with Crippen LogP contribution in [-0.4, -0.2) is 50.3 Å². The molecule has 0 spiro atoms. The van der Waals surface area contributed by atoms with Gasteiger partial charge in [0, 0.05) is 24.1 Å². The van der Waals surface area contributed by atoms with Gasteiger partial charge < -0.3 is 20.1 Å². The second-order valence-corrected chi connectivity index (χ2v) is 6.92. The Morgan fingerprint density at radius 3 is 2.81 bits per heavy atom. The number of carbonyl (C=O) groups is 1. The number of methoxy groups -OCH3 is 1. The number of fused-ring (bicyclic) bond motifs is 2. The third kappa shape index (κ3) is 3.03.